The van der Waals surface area contributed by atoms with Crippen LogP contribution in [0, 0.1) is 11.8 Å². The summed E-state index contributed by atoms with van der Waals surface area (Å²) in [4.78, 5) is 8.16. The fraction of sp³-hybridized carbons (Fsp3) is 0.636. The highest BCUT2D eigenvalue weighted by Gasteiger charge is 2.22. The second-order valence-corrected chi connectivity index (χ2v) is 4.38. The van der Waals surface area contributed by atoms with Crippen LogP contribution in [0.2, 0.25) is 0 Å². The topological polar surface area (TPSA) is 63.8 Å². The zero-order chi connectivity index (χ0) is 10.7. The quantitative estimate of drug-likeness (QED) is 0.793. The molecule has 2 rings (SSSR count). The van der Waals surface area contributed by atoms with Crippen molar-refractivity contribution < 1.29 is 0 Å². The third-order valence-corrected chi connectivity index (χ3v) is 3.26. The zero-order valence-corrected chi connectivity index (χ0v) is 9.11. The monoisotopic (exact) mass is 206 g/mol. The molecule has 4 nitrogen and oxygen atoms in total. The van der Waals surface area contributed by atoms with Crippen molar-refractivity contribution in [3.05, 3.63) is 12.4 Å². The van der Waals surface area contributed by atoms with E-state index in [4.69, 9.17) is 5.73 Å². The van der Waals surface area contributed by atoms with Gasteiger partial charge >= 0.3 is 0 Å². The number of hydrogen-bond donors (Lipinski definition) is 2. The van der Waals surface area contributed by atoms with E-state index in [1.54, 1.807) is 12.4 Å². The number of anilines is 2. The van der Waals surface area contributed by atoms with Gasteiger partial charge in [-0.15, -0.1) is 0 Å². The molecule has 82 valence electrons. The molecule has 15 heavy (non-hydrogen) atoms. The maximum atomic E-state index is 5.47. The Bertz CT molecular complexity index is 309. The predicted molar refractivity (Wildman–Crippen MR) is 61.4 cm³/mol. The fourth-order valence-electron chi connectivity index (χ4n) is 2.19. The summed E-state index contributed by atoms with van der Waals surface area (Å²) >= 11 is 0. The average Bonchev–Trinajstić information content (AvgIpc) is 2.63. The van der Waals surface area contributed by atoms with E-state index in [0.29, 0.717) is 5.82 Å². The van der Waals surface area contributed by atoms with Gasteiger partial charge in [-0.25, -0.2) is 9.97 Å². The Labute approximate surface area is 90.3 Å². The third-order valence-electron chi connectivity index (χ3n) is 3.26. The first kappa shape index (κ1) is 10.2. The summed E-state index contributed by atoms with van der Waals surface area (Å²) in [7, 11) is 0. The normalized spacial score (nSPS) is 25.4. The lowest BCUT2D eigenvalue weighted by Crippen LogP contribution is -2.17. The van der Waals surface area contributed by atoms with Gasteiger partial charge in [0.1, 0.15) is 11.6 Å². The smallest absolute Gasteiger partial charge is 0.144 e. The van der Waals surface area contributed by atoms with Crippen molar-refractivity contribution in [2.24, 2.45) is 11.8 Å². The van der Waals surface area contributed by atoms with Gasteiger partial charge in [-0.3, -0.25) is 0 Å². The Morgan fingerprint density at radius 3 is 2.87 bits per heavy atom. The molecule has 0 aliphatic heterocycles. The minimum absolute atomic E-state index is 0.467. The lowest BCUT2D eigenvalue weighted by Gasteiger charge is -2.15. The van der Waals surface area contributed by atoms with Crippen LogP contribution in [0.4, 0.5) is 11.6 Å². The lowest BCUT2D eigenvalue weighted by molar-refractivity contribution is 0.439. The molecule has 1 aromatic rings. The Morgan fingerprint density at radius 1 is 1.40 bits per heavy atom. The van der Waals surface area contributed by atoms with Crippen molar-refractivity contribution in [2.45, 2.75) is 26.2 Å². The highest BCUT2D eigenvalue weighted by atomic mass is 15.0. The molecule has 1 aliphatic carbocycles. The Kier molecular flexibility index (Phi) is 3.04. The van der Waals surface area contributed by atoms with Crippen LogP contribution in [0.15, 0.2) is 12.4 Å². The number of aromatic nitrogens is 2. The molecule has 1 fully saturated rings. The summed E-state index contributed by atoms with van der Waals surface area (Å²) < 4.78 is 0. The SMILES string of the molecule is CC1CCCC1CNc1cnc(N)cn1. The van der Waals surface area contributed by atoms with E-state index in [1.165, 1.54) is 19.3 Å². The van der Waals surface area contributed by atoms with Crippen LogP contribution in [0.5, 0.6) is 0 Å². The summed E-state index contributed by atoms with van der Waals surface area (Å²) in [5.41, 5.74) is 5.47. The van der Waals surface area contributed by atoms with Gasteiger partial charge in [-0.1, -0.05) is 19.8 Å². The van der Waals surface area contributed by atoms with Gasteiger partial charge in [0.2, 0.25) is 0 Å². The third kappa shape index (κ3) is 2.58. The number of nitrogens with two attached hydrogens (primary N) is 1. The minimum atomic E-state index is 0.467. The van der Waals surface area contributed by atoms with Crippen molar-refractivity contribution in [3.63, 3.8) is 0 Å². The van der Waals surface area contributed by atoms with Gasteiger partial charge in [0.15, 0.2) is 0 Å². The molecular formula is C11H18N4. The van der Waals surface area contributed by atoms with Crippen molar-refractivity contribution in [3.8, 4) is 0 Å². The highest BCUT2D eigenvalue weighted by Crippen LogP contribution is 2.30. The average molecular weight is 206 g/mol. The molecular weight excluding hydrogens is 188 g/mol. The predicted octanol–water partition coefficient (Wildman–Crippen LogP) is 1.91. The molecule has 2 unspecified atom stereocenters. The van der Waals surface area contributed by atoms with Gasteiger partial charge in [0.05, 0.1) is 12.4 Å². The zero-order valence-electron chi connectivity index (χ0n) is 9.11. The van der Waals surface area contributed by atoms with E-state index in [9.17, 15) is 0 Å². The van der Waals surface area contributed by atoms with Crippen LogP contribution in [0.3, 0.4) is 0 Å². The summed E-state index contributed by atoms with van der Waals surface area (Å²) in [6.45, 7) is 3.33. The van der Waals surface area contributed by atoms with Crippen LogP contribution in [-0.4, -0.2) is 16.5 Å². The van der Waals surface area contributed by atoms with Crippen molar-refractivity contribution in [1.82, 2.24) is 9.97 Å². The first-order chi connectivity index (χ1) is 7.25. The molecule has 0 aromatic carbocycles. The van der Waals surface area contributed by atoms with E-state index in [2.05, 4.69) is 22.2 Å². The summed E-state index contributed by atoms with van der Waals surface area (Å²) in [6, 6.07) is 0. The Balaban J connectivity index is 1.85. The highest BCUT2D eigenvalue weighted by molar-refractivity contribution is 5.35. The number of rotatable bonds is 3. The first-order valence-corrected chi connectivity index (χ1v) is 5.57. The van der Waals surface area contributed by atoms with Crippen LogP contribution in [0.25, 0.3) is 0 Å². The van der Waals surface area contributed by atoms with Gasteiger partial charge in [0.25, 0.3) is 0 Å². The van der Waals surface area contributed by atoms with Gasteiger partial charge in [-0.05, 0) is 18.3 Å². The molecule has 2 atom stereocenters. The Hall–Kier alpha value is -1.32. The Morgan fingerprint density at radius 2 is 2.27 bits per heavy atom. The van der Waals surface area contributed by atoms with Crippen molar-refractivity contribution in [1.29, 1.82) is 0 Å². The number of nitrogens with one attached hydrogen (secondary N) is 1. The van der Waals surface area contributed by atoms with Gasteiger partial charge < -0.3 is 11.1 Å². The molecule has 3 N–H and O–H groups in total. The van der Waals surface area contributed by atoms with Crippen molar-refractivity contribution >= 4 is 11.6 Å². The standard InChI is InChI=1S/C11H18N4/c1-8-3-2-4-9(8)5-14-11-7-13-10(12)6-15-11/h6-9H,2-5H2,1H3,(H2,12,13)(H,14,15). The van der Waals surface area contributed by atoms with Crippen molar-refractivity contribution in [2.75, 3.05) is 17.6 Å². The van der Waals surface area contributed by atoms with E-state index < -0.39 is 0 Å². The largest absolute Gasteiger partial charge is 0.382 e. The lowest BCUT2D eigenvalue weighted by atomic mass is 9.98. The summed E-state index contributed by atoms with van der Waals surface area (Å²) in [6.07, 6.45) is 7.33. The van der Waals surface area contributed by atoms with Crippen LogP contribution < -0.4 is 11.1 Å². The summed E-state index contributed by atoms with van der Waals surface area (Å²) in [5.74, 6) is 2.90. The van der Waals surface area contributed by atoms with E-state index >= 15 is 0 Å². The molecule has 0 bridgehead atoms. The molecule has 1 aromatic heterocycles. The van der Waals surface area contributed by atoms with Gasteiger partial charge in [-0.2, -0.15) is 0 Å². The molecule has 0 spiro atoms. The number of nitrogens with zero attached hydrogens (tertiary/aromatic N) is 2. The second-order valence-electron chi connectivity index (χ2n) is 4.38. The van der Waals surface area contributed by atoms with Gasteiger partial charge in [0, 0.05) is 6.54 Å². The molecule has 0 amide bonds. The summed E-state index contributed by atoms with van der Waals surface area (Å²) in [5, 5.41) is 3.32. The second kappa shape index (κ2) is 4.47. The molecule has 1 aliphatic rings. The van der Waals surface area contributed by atoms with E-state index in [-0.39, 0.29) is 0 Å². The maximum Gasteiger partial charge on any atom is 0.144 e. The van der Waals surface area contributed by atoms with E-state index in [1.807, 2.05) is 0 Å². The number of nitrogen functional groups attached to an aromatic ring is 1. The van der Waals surface area contributed by atoms with Crippen LogP contribution in [-0.2, 0) is 0 Å². The maximum absolute atomic E-state index is 5.47. The van der Waals surface area contributed by atoms with Crippen LogP contribution in [0.1, 0.15) is 26.2 Å². The molecule has 1 saturated carbocycles. The van der Waals surface area contributed by atoms with Crippen LogP contribution >= 0.6 is 0 Å². The first-order valence-electron chi connectivity index (χ1n) is 5.57. The minimum Gasteiger partial charge on any atom is -0.382 e. The van der Waals surface area contributed by atoms with E-state index in [0.717, 1.165) is 24.2 Å². The molecule has 0 radical (unpaired) electrons. The fourth-order valence-corrected chi connectivity index (χ4v) is 2.19. The molecule has 0 saturated heterocycles. The molecule has 1 heterocycles. The number of hydrogen-bond acceptors (Lipinski definition) is 4. The molecule has 4 heteroatoms.